The van der Waals surface area contributed by atoms with Crippen molar-refractivity contribution in [2.24, 2.45) is 0 Å². The monoisotopic (exact) mass is 276 g/mol. The third-order valence-electron chi connectivity index (χ3n) is 4.14. The van der Waals surface area contributed by atoms with E-state index < -0.39 is 0 Å². The zero-order valence-electron chi connectivity index (χ0n) is 12.4. The number of nitrogens with one attached hydrogen (secondary N) is 2. The zero-order valence-corrected chi connectivity index (χ0v) is 12.4. The van der Waals surface area contributed by atoms with Crippen molar-refractivity contribution in [3.63, 3.8) is 0 Å². The fraction of sp³-hybridized carbons (Fsp3) is 0.667. The normalized spacial score (nSPS) is 17.7. The van der Waals surface area contributed by atoms with Gasteiger partial charge in [0.15, 0.2) is 0 Å². The lowest BCUT2D eigenvalue weighted by atomic mass is 9.79. The van der Waals surface area contributed by atoms with Crippen LogP contribution in [-0.2, 0) is 11.3 Å². The summed E-state index contributed by atoms with van der Waals surface area (Å²) in [7, 11) is 1.96. The average Bonchev–Trinajstić information content (AvgIpc) is 2.47. The van der Waals surface area contributed by atoms with Gasteiger partial charge in [-0.05, 0) is 26.8 Å². The molecule has 0 saturated heterocycles. The summed E-state index contributed by atoms with van der Waals surface area (Å²) in [6.07, 6.45) is 9.84. The lowest BCUT2D eigenvalue weighted by Gasteiger charge is -2.36. The molecule has 0 bridgehead atoms. The van der Waals surface area contributed by atoms with E-state index in [-0.39, 0.29) is 11.4 Å². The van der Waals surface area contributed by atoms with E-state index in [1.54, 1.807) is 12.4 Å². The number of carbonyl (C=O) groups excluding carboxylic acids is 1. The quantitative estimate of drug-likeness (QED) is 0.859. The summed E-state index contributed by atoms with van der Waals surface area (Å²) in [6, 6.07) is 0. The molecule has 0 aromatic carbocycles. The molecular weight excluding hydrogens is 252 g/mol. The van der Waals surface area contributed by atoms with E-state index in [2.05, 4.69) is 20.6 Å². The van der Waals surface area contributed by atoms with Gasteiger partial charge in [-0.3, -0.25) is 14.8 Å². The maximum atomic E-state index is 12.1. The van der Waals surface area contributed by atoms with E-state index in [4.69, 9.17) is 0 Å². The van der Waals surface area contributed by atoms with E-state index in [0.29, 0.717) is 13.0 Å². The molecule has 0 atom stereocenters. The summed E-state index contributed by atoms with van der Waals surface area (Å²) in [6.45, 7) is 2.35. The molecule has 5 heteroatoms. The fourth-order valence-corrected chi connectivity index (χ4v) is 2.81. The lowest BCUT2D eigenvalue weighted by Crippen LogP contribution is -2.48. The summed E-state index contributed by atoms with van der Waals surface area (Å²) < 4.78 is 0. The molecule has 1 saturated carbocycles. The van der Waals surface area contributed by atoms with E-state index in [0.717, 1.165) is 24.2 Å². The Balaban J connectivity index is 1.83. The Morgan fingerprint density at radius 1 is 1.25 bits per heavy atom. The van der Waals surface area contributed by atoms with Gasteiger partial charge >= 0.3 is 0 Å². The molecule has 110 valence electrons. The second-order valence-corrected chi connectivity index (χ2v) is 5.69. The van der Waals surface area contributed by atoms with Crippen LogP contribution >= 0.6 is 0 Å². The molecule has 5 nitrogen and oxygen atoms in total. The minimum atomic E-state index is -0.0126. The highest BCUT2D eigenvalue weighted by molar-refractivity contribution is 5.77. The van der Waals surface area contributed by atoms with Crippen LogP contribution in [0.5, 0.6) is 0 Å². The number of aryl methyl sites for hydroxylation is 1. The summed E-state index contributed by atoms with van der Waals surface area (Å²) in [5, 5.41) is 6.31. The fourth-order valence-electron chi connectivity index (χ4n) is 2.81. The smallest absolute Gasteiger partial charge is 0.222 e. The first-order valence-electron chi connectivity index (χ1n) is 7.37. The van der Waals surface area contributed by atoms with Crippen LogP contribution in [-0.4, -0.2) is 28.5 Å². The number of aromatic nitrogens is 2. The molecule has 1 heterocycles. The van der Waals surface area contributed by atoms with Gasteiger partial charge in [0.25, 0.3) is 0 Å². The van der Waals surface area contributed by atoms with Crippen molar-refractivity contribution in [3.05, 3.63) is 23.8 Å². The minimum absolute atomic E-state index is 0.0126. The summed E-state index contributed by atoms with van der Waals surface area (Å²) in [4.78, 5) is 20.5. The van der Waals surface area contributed by atoms with E-state index in [9.17, 15) is 4.79 Å². The molecule has 1 aliphatic rings. The van der Waals surface area contributed by atoms with Gasteiger partial charge in [-0.25, -0.2) is 0 Å². The van der Waals surface area contributed by atoms with Gasteiger partial charge in [0, 0.05) is 18.2 Å². The summed E-state index contributed by atoms with van der Waals surface area (Å²) in [5.74, 6) is 0.0867. The highest BCUT2D eigenvalue weighted by atomic mass is 16.1. The van der Waals surface area contributed by atoms with Gasteiger partial charge in [-0.2, -0.15) is 0 Å². The molecule has 1 aliphatic carbocycles. The van der Waals surface area contributed by atoms with Crippen molar-refractivity contribution in [1.82, 2.24) is 20.6 Å². The predicted molar refractivity (Wildman–Crippen MR) is 78.1 cm³/mol. The third-order valence-corrected chi connectivity index (χ3v) is 4.14. The predicted octanol–water partition coefficient (Wildman–Crippen LogP) is 1.71. The van der Waals surface area contributed by atoms with Crippen LogP contribution in [0.2, 0.25) is 0 Å². The Kier molecular flexibility index (Phi) is 5.06. The molecule has 0 radical (unpaired) electrons. The molecule has 0 spiro atoms. The first-order chi connectivity index (χ1) is 9.63. The van der Waals surface area contributed by atoms with Gasteiger partial charge < -0.3 is 10.6 Å². The van der Waals surface area contributed by atoms with Gasteiger partial charge in [0.1, 0.15) is 0 Å². The van der Waals surface area contributed by atoms with Crippen LogP contribution in [0, 0.1) is 6.92 Å². The van der Waals surface area contributed by atoms with Gasteiger partial charge in [-0.15, -0.1) is 0 Å². The SMILES string of the molecule is CNC1(CC(=O)NCc2cnc(C)cn2)CCCCC1. The van der Waals surface area contributed by atoms with Crippen molar-refractivity contribution in [3.8, 4) is 0 Å². The largest absolute Gasteiger partial charge is 0.350 e. The Bertz CT molecular complexity index is 438. The molecule has 1 fully saturated rings. The molecule has 2 rings (SSSR count). The summed E-state index contributed by atoms with van der Waals surface area (Å²) >= 11 is 0. The zero-order chi connectivity index (χ0) is 14.4. The number of amides is 1. The molecule has 1 aromatic heterocycles. The third kappa shape index (κ3) is 4.00. The van der Waals surface area contributed by atoms with Crippen LogP contribution in [0.15, 0.2) is 12.4 Å². The Morgan fingerprint density at radius 3 is 2.60 bits per heavy atom. The maximum Gasteiger partial charge on any atom is 0.222 e. The van der Waals surface area contributed by atoms with Crippen molar-refractivity contribution >= 4 is 5.91 Å². The van der Waals surface area contributed by atoms with E-state index in [1.807, 2.05) is 14.0 Å². The number of hydrogen-bond donors (Lipinski definition) is 2. The molecule has 1 aromatic rings. The van der Waals surface area contributed by atoms with Crippen molar-refractivity contribution in [1.29, 1.82) is 0 Å². The second kappa shape index (κ2) is 6.79. The van der Waals surface area contributed by atoms with Crippen LogP contribution in [0.1, 0.15) is 49.9 Å². The Labute approximate surface area is 120 Å². The first kappa shape index (κ1) is 14.9. The number of carbonyl (C=O) groups is 1. The van der Waals surface area contributed by atoms with Crippen LogP contribution in [0.3, 0.4) is 0 Å². The molecule has 20 heavy (non-hydrogen) atoms. The first-order valence-corrected chi connectivity index (χ1v) is 7.37. The Hall–Kier alpha value is -1.49. The second-order valence-electron chi connectivity index (χ2n) is 5.69. The molecular formula is C15H24N4O. The minimum Gasteiger partial charge on any atom is -0.350 e. The van der Waals surface area contributed by atoms with Crippen LogP contribution in [0.25, 0.3) is 0 Å². The number of hydrogen-bond acceptors (Lipinski definition) is 4. The van der Waals surface area contributed by atoms with Gasteiger partial charge in [0.05, 0.1) is 24.1 Å². The van der Waals surface area contributed by atoms with Crippen LogP contribution < -0.4 is 10.6 Å². The molecule has 1 amide bonds. The average molecular weight is 276 g/mol. The highest BCUT2D eigenvalue weighted by Gasteiger charge is 2.32. The molecule has 2 N–H and O–H groups in total. The molecule has 0 aliphatic heterocycles. The summed E-state index contributed by atoms with van der Waals surface area (Å²) in [5.41, 5.74) is 1.67. The van der Waals surface area contributed by atoms with Crippen molar-refractivity contribution < 1.29 is 4.79 Å². The highest BCUT2D eigenvalue weighted by Crippen LogP contribution is 2.30. The van der Waals surface area contributed by atoms with E-state index >= 15 is 0 Å². The Morgan fingerprint density at radius 2 is 2.00 bits per heavy atom. The van der Waals surface area contributed by atoms with E-state index in [1.165, 1.54) is 19.3 Å². The van der Waals surface area contributed by atoms with Gasteiger partial charge in [0.2, 0.25) is 5.91 Å². The standard InChI is InChI=1S/C15H24N4O/c1-12-9-18-13(10-17-12)11-19-14(20)8-15(16-2)6-4-3-5-7-15/h9-10,16H,3-8,11H2,1-2H3,(H,19,20). The topological polar surface area (TPSA) is 66.9 Å². The van der Waals surface area contributed by atoms with Crippen LogP contribution in [0.4, 0.5) is 0 Å². The lowest BCUT2D eigenvalue weighted by molar-refractivity contribution is -0.123. The molecule has 0 unspecified atom stereocenters. The van der Waals surface area contributed by atoms with Crippen molar-refractivity contribution in [2.45, 2.75) is 57.5 Å². The number of nitrogens with zero attached hydrogens (tertiary/aromatic N) is 2. The van der Waals surface area contributed by atoms with Gasteiger partial charge in [-0.1, -0.05) is 19.3 Å². The number of rotatable bonds is 5. The van der Waals surface area contributed by atoms with Crippen molar-refractivity contribution in [2.75, 3.05) is 7.05 Å². The maximum absolute atomic E-state index is 12.1.